The van der Waals surface area contributed by atoms with E-state index in [0.29, 0.717) is 18.7 Å². The van der Waals surface area contributed by atoms with Crippen LogP contribution in [0.1, 0.15) is 25.7 Å². The molecule has 5 nitrogen and oxygen atoms in total. The number of hydrogen-bond acceptors (Lipinski definition) is 3. The standard InChI is InChI=1S/C15H18BrNO4/c16-11-4-6-12(7-5-11)21-10-8-14(18)17-9-2-1-3-13(17)15(19)20/h4-7,13H,1-3,8-10H2,(H,19,20)/t13-/m0/s1. The van der Waals surface area contributed by atoms with Crippen molar-refractivity contribution in [3.63, 3.8) is 0 Å². The minimum Gasteiger partial charge on any atom is -0.493 e. The number of carbonyl (C=O) groups excluding carboxylic acids is 1. The summed E-state index contributed by atoms with van der Waals surface area (Å²) < 4.78 is 6.46. The molecule has 0 aliphatic carbocycles. The van der Waals surface area contributed by atoms with Gasteiger partial charge in [-0.2, -0.15) is 0 Å². The van der Waals surface area contributed by atoms with Crippen LogP contribution < -0.4 is 4.74 Å². The number of halogens is 1. The maximum Gasteiger partial charge on any atom is 0.326 e. The lowest BCUT2D eigenvalue weighted by Crippen LogP contribution is -2.48. The van der Waals surface area contributed by atoms with Gasteiger partial charge < -0.3 is 14.7 Å². The van der Waals surface area contributed by atoms with Crippen molar-refractivity contribution >= 4 is 27.8 Å². The van der Waals surface area contributed by atoms with Crippen LogP contribution in [-0.4, -0.2) is 41.1 Å². The quantitative estimate of drug-likeness (QED) is 0.881. The van der Waals surface area contributed by atoms with Gasteiger partial charge >= 0.3 is 5.97 Å². The molecule has 0 unspecified atom stereocenters. The first kappa shape index (κ1) is 15.8. The number of piperidine rings is 1. The highest BCUT2D eigenvalue weighted by Gasteiger charge is 2.31. The fourth-order valence-corrected chi connectivity index (χ4v) is 2.68. The molecule has 1 aromatic rings. The fraction of sp³-hybridized carbons (Fsp3) is 0.467. The van der Waals surface area contributed by atoms with Crippen molar-refractivity contribution < 1.29 is 19.4 Å². The summed E-state index contributed by atoms with van der Waals surface area (Å²) in [5.74, 6) is -0.379. The van der Waals surface area contributed by atoms with E-state index in [-0.39, 0.29) is 18.9 Å². The molecule has 1 N–H and O–H groups in total. The molecule has 0 spiro atoms. The number of ether oxygens (including phenoxy) is 1. The molecule has 0 bridgehead atoms. The molecule has 1 fully saturated rings. The van der Waals surface area contributed by atoms with Crippen molar-refractivity contribution in [3.05, 3.63) is 28.7 Å². The van der Waals surface area contributed by atoms with E-state index in [1.54, 1.807) is 0 Å². The van der Waals surface area contributed by atoms with Crippen LogP contribution in [-0.2, 0) is 9.59 Å². The third-order valence-electron chi connectivity index (χ3n) is 3.51. The van der Waals surface area contributed by atoms with Crippen molar-refractivity contribution in [3.8, 4) is 5.75 Å². The van der Waals surface area contributed by atoms with Crippen molar-refractivity contribution in [1.29, 1.82) is 0 Å². The highest BCUT2D eigenvalue weighted by molar-refractivity contribution is 9.10. The Labute approximate surface area is 132 Å². The average Bonchev–Trinajstić information content (AvgIpc) is 2.49. The first-order valence-electron chi connectivity index (χ1n) is 6.98. The molecule has 0 aromatic heterocycles. The van der Waals surface area contributed by atoms with E-state index in [9.17, 15) is 9.59 Å². The van der Waals surface area contributed by atoms with Crippen LogP contribution in [0.3, 0.4) is 0 Å². The van der Waals surface area contributed by atoms with Gasteiger partial charge in [0.1, 0.15) is 11.8 Å². The van der Waals surface area contributed by atoms with Crippen LogP contribution in [0.15, 0.2) is 28.7 Å². The first-order chi connectivity index (χ1) is 10.1. The van der Waals surface area contributed by atoms with Crippen LogP contribution in [0.5, 0.6) is 5.75 Å². The minimum atomic E-state index is -0.920. The zero-order valence-corrected chi connectivity index (χ0v) is 13.2. The summed E-state index contributed by atoms with van der Waals surface area (Å²) in [5, 5.41) is 9.16. The zero-order valence-electron chi connectivity index (χ0n) is 11.6. The summed E-state index contributed by atoms with van der Waals surface area (Å²) in [4.78, 5) is 24.8. The molecule has 1 atom stereocenters. The third-order valence-corrected chi connectivity index (χ3v) is 4.04. The van der Waals surface area contributed by atoms with Crippen molar-refractivity contribution in [2.75, 3.05) is 13.2 Å². The molecule has 1 aliphatic rings. The maximum atomic E-state index is 12.1. The Morgan fingerprint density at radius 2 is 2.00 bits per heavy atom. The molecule has 0 radical (unpaired) electrons. The number of amides is 1. The third kappa shape index (κ3) is 4.46. The second-order valence-corrected chi connectivity index (χ2v) is 5.91. The number of hydrogen-bond donors (Lipinski definition) is 1. The summed E-state index contributed by atoms with van der Waals surface area (Å²) in [6.07, 6.45) is 2.45. The Balaban J connectivity index is 1.83. The number of aliphatic carboxylic acids is 1. The summed E-state index contributed by atoms with van der Waals surface area (Å²) in [6, 6.07) is 6.68. The molecule has 2 rings (SSSR count). The summed E-state index contributed by atoms with van der Waals surface area (Å²) >= 11 is 3.34. The number of carboxylic acids is 1. The number of nitrogens with zero attached hydrogens (tertiary/aromatic N) is 1. The Bertz CT molecular complexity index is 503. The van der Waals surface area contributed by atoms with Crippen LogP contribution in [0.25, 0.3) is 0 Å². The van der Waals surface area contributed by atoms with E-state index in [1.165, 1.54) is 4.90 Å². The van der Waals surface area contributed by atoms with Gasteiger partial charge in [-0.15, -0.1) is 0 Å². The van der Waals surface area contributed by atoms with E-state index in [0.717, 1.165) is 17.3 Å². The zero-order chi connectivity index (χ0) is 15.2. The second kappa shape index (κ2) is 7.45. The fourth-order valence-electron chi connectivity index (χ4n) is 2.42. The van der Waals surface area contributed by atoms with Crippen molar-refractivity contribution in [2.24, 2.45) is 0 Å². The highest BCUT2D eigenvalue weighted by Crippen LogP contribution is 2.19. The molecule has 1 saturated heterocycles. The van der Waals surface area contributed by atoms with Crippen molar-refractivity contribution in [1.82, 2.24) is 4.90 Å². The van der Waals surface area contributed by atoms with Gasteiger partial charge in [0.05, 0.1) is 13.0 Å². The van der Waals surface area contributed by atoms with Gasteiger partial charge in [0.15, 0.2) is 0 Å². The number of benzene rings is 1. The minimum absolute atomic E-state index is 0.154. The van der Waals surface area contributed by atoms with Gasteiger partial charge in [-0.05, 0) is 43.5 Å². The predicted octanol–water partition coefficient (Wildman–Crippen LogP) is 2.68. The van der Waals surface area contributed by atoms with Gasteiger partial charge in [-0.25, -0.2) is 4.79 Å². The molecule has 0 saturated carbocycles. The normalized spacial score (nSPS) is 18.3. The molecular formula is C15H18BrNO4. The van der Waals surface area contributed by atoms with Crippen LogP contribution in [0, 0.1) is 0 Å². The Hall–Kier alpha value is -1.56. The van der Waals surface area contributed by atoms with E-state index >= 15 is 0 Å². The number of carbonyl (C=O) groups is 2. The van der Waals surface area contributed by atoms with E-state index in [1.807, 2.05) is 24.3 Å². The predicted molar refractivity (Wildman–Crippen MR) is 81.2 cm³/mol. The van der Waals surface area contributed by atoms with Gasteiger partial charge in [-0.3, -0.25) is 4.79 Å². The summed E-state index contributed by atoms with van der Waals surface area (Å²) in [5.41, 5.74) is 0. The smallest absolute Gasteiger partial charge is 0.326 e. The topological polar surface area (TPSA) is 66.8 Å². The lowest BCUT2D eigenvalue weighted by atomic mass is 10.0. The summed E-state index contributed by atoms with van der Waals surface area (Å²) in [6.45, 7) is 0.775. The molecule has 1 amide bonds. The van der Waals surface area contributed by atoms with Crippen LogP contribution >= 0.6 is 15.9 Å². The number of carboxylic acid groups (broad SMARTS) is 1. The first-order valence-corrected chi connectivity index (χ1v) is 7.78. The molecular weight excluding hydrogens is 338 g/mol. The van der Waals surface area contributed by atoms with Gasteiger partial charge in [-0.1, -0.05) is 15.9 Å². The van der Waals surface area contributed by atoms with Crippen LogP contribution in [0.2, 0.25) is 0 Å². The Morgan fingerprint density at radius 1 is 1.29 bits per heavy atom. The number of rotatable bonds is 5. The van der Waals surface area contributed by atoms with Gasteiger partial charge in [0.25, 0.3) is 0 Å². The second-order valence-electron chi connectivity index (χ2n) is 4.99. The van der Waals surface area contributed by atoms with Gasteiger partial charge in [0, 0.05) is 11.0 Å². The number of likely N-dealkylation sites (tertiary alicyclic amines) is 1. The largest absolute Gasteiger partial charge is 0.493 e. The Kier molecular flexibility index (Phi) is 5.61. The lowest BCUT2D eigenvalue weighted by molar-refractivity contribution is -0.152. The molecule has 1 heterocycles. The highest BCUT2D eigenvalue weighted by atomic mass is 79.9. The summed E-state index contributed by atoms with van der Waals surface area (Å²) in [7, 11) is 0. The van der Waals surface area contributed by atoms with E-state index in [2.05, 4.69) is 15.9 Å². The van der Waals surface area contributed by atoms with Gasteiger partial charge in [0.2, 0.25) is 5.91 Å². The van der Waals surface area contributed by atoms with Crippen molar-refractivity contribution in [2.45, 2.75) is 31.7 Å². The average molecular weight is 356 g/mol. The molecule has 114 valence electrons. The Morgan fingerprint density at radius 3 is 2.67 bits per heavy atom. The van der Waals surface area contributed by atoms with E-state index < -0.39 is 12.0 Å². The maximum absolute atomic E-state index is 12.1. The van der Waals surface area contributed by atoms with Crippen LogP contribution in [0.4, 0.5) is 0 Å². The molecule has 1 aromatic carbocycles. The monoisotopic (exact) mass is 355 g/mol. The lowest BCUT2D eigenvalue weighted by Gasteiger charge is -2.33. The molecule has 6 heteroatoms. The SMILES string of the molecule is O=C(O)[C@@H]1CCCCN1C(=O)CCOc1ccc(Br)cc1. The van der Waals surface area contributed by atoms with E-state index in [4.69, 9.17) is 9.84 Å². The molecule has 21 heavy (non-hydrogen) atoms. The molecule has 1 aliphatic heterocycles.